The van der Waals surface area contributed by atoms with Crippen molar-refractivity contribution >= 4 is 17.5 Å². The monoisotopic (exact) mass is 351 g/mol. The van der Waals surface area contributed by atoms with E-state index in [1.807, 2.05) is 56.4 Å². The van der Waals surface area contributed by atoms with E-state index in [2.05, 4.69) is 31.0 Å². The molecule has 0 saturated heterocycles. The zero-order chi connectivity index (χ0) is 18.4. The fourth-order valence-electron chi connectivity index (χ4n) is 2.34. The minimum absolute atomic E-state index is 0.244. The molecule has 1 aromatic carbocycles. The van der Waals surface area contributed by atoms with Gasteiger partial charge in [0, 0.05) is 37.2 Å². The molecule has 0 aliphatic rings. The number of anilines is 2. The quantitative estimate of drug-likeness (QED) is 0.593. The van der Waals surface area contributed by atoms with Gasteiger partial charge in [-0.3, -0.25) is 0 Å². The van der Waals surface area contributed by atoms with Gasteiger partial charge in [-0.15, -0.1) is 0 Å². The van der Waals surface area contributed by atoms with Crippen LogP contribution in [0.15, 0.2) is 48.8 Å². The largest absolute Gasteiger partial charge is 0.368 e. The normalized spacial score (nSPS) is 10.4. The van der Waals surface area contributed by atoms with Crippen LogP contribution in [0.25, 0.3) is 5.82 Å². The fourth-order valence-corrected chi connectivity index (χ4v) is 2.34. The summed E-state index contributed by atoms with van der Waals surface area (Å²) in [6.07, 6.45) is 3.52. The molecule has 2 heterocycles. The standard InChI is InChI=1S/C18H21N7O/c1-13-4-6-15(7-5-13)24-18(26)20-10-9-19-16-12-17(23-14(2)22-16)25-11-3-8-21-25/h3-8,11-12H,9-10H2,1-2H3,(H,19,22,23)(H2,20,24,26). The Morgan fingerprint density at radius 1 is 1.12 bits per heavy atom. The van der Waals surface area contributed by atoms with Crippen molar-refractivity contribution in [2.24, 2.45) is 0 Å². The van der Waals surface area contributed by atoms with Crippen molar-refractivity contribution in [3.63, 3.8) is 0 Å². The summed E-state index contributed by atoms with van der Waals surface area (Å²) in [6.45, 7) is 4.82. The van der Waals surface area contributed by atoms with E-state index < -0.39 is 0 Å². The van der Waals surface area contributed by atoms with Gasteiger partial charge in [0.05, 0.1) is 0 Å². The highest BCUT2D eigenvalue weighted by Gasteiger charge is 2.05. The molecule has 134 valence electrons. The highest BCUT2D eigenvalue weighted by atomic mass is 16.2. The molecule has 0 spiro atoms. The third-order valence-corrected chi connectivity index (χ3v) is 3.59. The lowest BCUT2D eigenvalue weighted by molar-refractivity contribution is 0.252. The maximum Gasteiger partial charge on any atom is 0.319 e. The molecule has 8 heteroatoms. The lowest BCUT2D eigenvalue weighted by atomic mass is 10.2. The Hall–Kier alpha value is -3.42. The highest BCUT2D eigenvalue weighted by Crippen LogP contribution is 2.10. The summed E-state index contributed by atoms with van der Waals surface area (Å²) in [4.78, 5) is 20.6. The van der Waals surface area contributed by atoms with Crippen molar-refractivity contribution in [3.05, 3.63) is 60.2 Å². The Morgan fingerprint density at radius 3 is 2.65 bits per heavy atom. The highest BCUT2D eigenvalue weighted by molar-refractivity contribution is 5.89. The number of carbonyl (C=O) groups excluding carboxylic acids is 1. The Bertz CT molecular complexity index is 860. The Balaban J connectivity index is 1.47. The lowest BCUT2D eigenvalue weighted by Gasteiger charge is -2.10. The average Bonchev–Trinajstić information content (AvgIpc) is 3.15. The first-order valence-electron chi connectivity index (χ1n) is 8.31. The first kappa shape index (κ1) is 17.4. The SMILES string of the molecule is Cc1ccc(NC(=O)NCCNc2cc(-n3cccn3)nc(C)n2)cc1. The molecule has 0 atom stereocenters. The van der Waals surface area contributed by atoms with Crippen molar-refractivity contribution < 1.29 is 4.79 Å². The molecule has 0 radical (unpaired) electrons. The van der Waals surface area contributed by atoms with Crippen LogP contribution in [0.1, 0.15) is 11.4 Å². The van der Waals surface area contributed by atoms with Crippen molar-refractivity contribution in [2.75, 3.05) is 23.7 Å². The maximum atomic E-state index is 11.9. The number of carbonyl (C=O) groups is 1. The van der Waals surface area contributed by atoms with Gasteiger partial charge in [-0.05, 0) is 32.0 Å². The minimum atomic E-state index is -0.244. The van der Waals surface area contributed by atoms with Crippen molar-refractivity contribution in [1.82, 2.24) is 25.1 Å². The number of rotatable bonds is 6. The van der Waals surface area contributed by atoms with Gasteiger partial charge < -0.3 is 16.0 Å². The zero-order valence-corrected chi connectivity index (χ0v) is 14.7. The average molecular weight is 351 g/mol. The molecule has 0 fully saturated rings. The van der Waals surface area contributed by atoms with Gasteiger partial charge in [0.1, 0.15) is 11.6 Å². The number of hydrogen-bond donors (Lipinski definition) is 3. The van der Waals surface area contributed by atoms with E-state index in [1.54, 1.807) is 10.9 Å². The molecule has 0 saturated carbocycles. The van der Waals surface area contributed by atoms with E-state index in [1.165, 1.54) is 0 Å². The second-order valence-corrected chi connectivity index (χ2v) is 5.78. The molecule has 8 nitrogen and oxygen atoms in total. The molecular formula is C18H21N7O. The van der Waals surface area contributed by atoms with Gasteiger partial charge >= 0.3 is 6.03 Å². The van der Waals surface area contributed by atoms with Crippen molar-refractivity contribution in [3.8, 4) is 5.82 Å². The number of urea groups is 1. The fraction of sp³-hybridized carbons (Fsp3) is 0.222. The maximum absolute atomic E-state index is 11.9. The van der Waals surface area contributed by atoms with E-state index in [0.29, 0.717) is 30.5 Å². The topological polar surface area (TPSA) is 96.8 Å². The second-order valence-electron chi connectivity index (χ2n) is 5.78. The van der Waals surface area contributed by atoms with Crippen LogP contribution in [-0.2, 0) is 0 Å². The van der Waals surface area contributed by atoms with E-state index >= 15 is 0 Å². The summed E-state index contributed by atoms with van der Waals surface area (Å²) in [7, 11) is 0. The zero-order valence-electron chi connectivity index (χ0n) is 14.7. The summed E-state index contributed by atoms with van der Waals surface area (Å²) in [6, 6.07) is 11.0. The predicted molar refractivity (Wildman–Crippen MR) is 101 cm³/mol. The van der Waals surface area contributed by atoms with Crippen LogP contribution in [0.5, 0.6) is 0 Å². The molecule has 0 aliphatic heterocycles. The molecule has 0 aliphatic carbocycles. The molecule has 0 unspecified atom stereocenters. The molecule has 0 bridgehead atoms. The van der Waals surface area contributed by atoms with Crippen LogP contribution in [-0.4, -0.2) is 38.9 Å². The summed E-state index contributed by atoms with van der Waals surface area (Å²) in [5.41, 5.74) is 1.91. The van der Waals surface area contributed by atoms with E-state index in [-0.39, 0.29) is 6.03 Å². The molecule has 2 aromatic heterocycles. The van der Waals surface area contributed by atoms with Crippen LogP contribution >= 0.6 is 0 Å². The number of aryl methyl sites for hydroxylation is 2. The van der Waals surface area contributed by atoms with Crippen LogP contribution in [0.2, 0.25) is 0 Å². The Labute approximate surface area is 151 Å². The lowest BCUT2D eigenvalue weighted by Crippen LogP contribution is -2.32. The third-order valence-electron chi connectivity index (χ3n) is 3.59. The third kappa shape index (κ3) is 4.79. The Morgan fingerprint density at radius 2 is 1.92 bits per heavy atom. The summed E-state index contributed by atoms with van der Waals surface area (Å²) in [5.74, 6) is 2.02. The van der Waals surface area contributed by atoms with Crippen LogP contribution in [0.3, 0.4) is 0 Å². The van der Waals surface area contributed by atoms with Gasteiger partial charge in [-0.1, -0.05) is 17.7 Å². The van der Waals surface area contributed by atoms with Crippen molar-refractivity contribution in [1.29, 1.82) is 0 Å². The molecule has 3 rings (SSSR count). The second kappa shape index (κ2) is 8.11. The first-order valence-corrected chi connectivity index (χ1v) is 8.31. The number of aromatic nitrogens is 4. The van der Waals surface area contributed by atoms with Gasteiger partial charge in [-0.2, -0.15) is 5.10 Å². The smallest absolute Gasteiger partial charge is 0.319 e. The number of nitrogens with zero attached hydrogens (tertiary/aromatic N) is 4. The predicted octanol–water partition coefficient (Wildman–Crippen LogP) is 2.51. The van der Waals surface area contributed by atoms with Crippen LogP contribution in [0, 0.1) is 13.8 Å². The van der Waals surface area contributed by atoms with Gasteiger partial charge in [0.2, 0.25) is 0 Å². The molecule has 26 heavy (non-hydrogen) atoms. The Kier molecular flexibility index (Phi) is 5.43. The summed E-state index contributed by atoms with van der Waals surface area (Å²) in [5, 5.41) is 12.9. The number of amides is 2. The van der Waals surface area contributed by atoms with Gasteiger partial charge in [-0.25, -0.2) is 19.4 Å². The summed E-state index contributed by atoms with van der Waals surface area (Å²) >= 11 is 0. The number of nitrogens with one attached hydrogen (secondary N) is 3. The van der Waals surface area contributed by atoms with Gasteiger partial charge in [0.25, 0.3) is 0 Å². The van der Waals surface area contributed by atoms with E-state index in [4.69, 9.17) is 0 Å². The molecule has 3 aromatic rings. The number of benzene rings is 1. The van der Waals surface area contributed by atoms with E-state index in [0.717, 1.165) is 11.3 Å². The first-order chi connectivity index (χ1) is 12.6. The molecular weight excluding hydrogens is 330 g/mol. The summed E-state index contributed by atoms with van der Waals surface area (Å²) < 4.78 is 1.67. The van der Waals surface area contributed by atoms with E-state index in [9.17, 15) is 4.79 Å². The van der Waals surface area contributed by atoms with Gasteiger partial charge in [0.15, 0.2) is 5.82 Å². The molecule has 2 amide bonds. The van der Waals surface area contributed by atoms with Crippen LogP contribution in [0.4, 0.5) is 16.3 Å². The minimum Gasteiger partial charge on any atom is -0.368 e. The van der Waals surface area contributed by atoms with Crippen LogP contribution < -0.4 is 16.0 Å². The van der Waals surface area contributed by atoms with Crippen molar-refractivity contribution in [2.45, 2.75) is 13.8 Å². The molecule has 3 N–H and O–H groups in total. The number of hydrogen-bond acceptors (Lipinski definition) is 5.